The zero-order valence-electron chi connectivity index (χ0n) is 10.3. The lowest BCUT2D eigenvalue weighted by molar-refractivity contribution is 0.102. The van der Waals surface area contributed by atoms with Gasteiger partial charge in [0.15, 0.2) is 15.6 Å². The van der Waals surface area contributed by atoms with Crippen molar-refractivity contribution in [1.82, 2.24) is 0 Å². The summed E-state index contributed by atoms with van der Waals surface area (Å²) < 4.78 is 27.3. The smallest absolute Gasteiger partial charge is 0.180 e. The van der Waals surface area contributed by atoms with Crippen LogP contribution >= 0.6 is 11.6 Å². The molecule has 0 heterocycles. The van der Waals surface area contributed by atoms with Crippen LogP contribution in [0.3, 0.4) is 0 Å². The highest BCUT2D eigenvalue weighted by Crippen LogP contribution is 2.31. The van der Waals surface area contributed by atoms with Crippen molar-refractivity contribution in [2.24, 2.45) is 0 Å². The van der Waals surface area contributed by atoms with Gasteiger partial charge < -0.3 is 10.1 Å². The summed E-state index contributed by atoms with van der Waals surface area (Å²) in [6.07, 6.45) is 1.01. The second-order valence-corrected chi connectivity index (χ2v) is 6.32. The molecule has 0 unspecified atom stereocenters. The molecule has 1 N–H and O–H groups in total. The van der Waals surface area contributed by atoms with Crippen LogP contribution in [0.4, 0.5) is 5.69 Å². The van der Waals surface area contributed by atoms with Crippen LogP contribution in [-0.2, 0) is 9.84 Å². The molecule has 18 heavy (non-hydrogen) atoms. The molecule has 0 aliphatic rings. The number of halogens is 1. The Morgan fingerprint density at radius 3 is 2.50 bits per heavy atom. The molecule has 0 atom stereocenters. The molecule has 1 aromatic rings. The summed E-state index contributed by atoms with van der Waals surface area (Å²) in [5.41, 5.74) is 0.707. The molecule has 0 aromatic heterocycles. The van der Waals surface area contributed by atoms with Crippen LogP contribution in [-0.4, -0.2) is 40.4 Å². The molecule has 0 aliphatic heterocycles. The molecule has 0 aliphatic carbocycles. The Kier molecular flexibility index (Phi) is 4.59. The zero-order valence-corrected chi connectivity index (χ0v) is 11.9. The van der Waals surface area contributed by atoms with E-state index < -0.39 is 21.4 Å². The lowest BCUT2D eigenvalue weighted by atomic mass is 10.1. The van der Waals surface area contributed by atoms with Crippen molar-refractivity contribution in [3.63, 3.8) is 0 Å². The molecule has 0 spiro atoms. The summed E-state index contributed by atoms with van der Waals surface area (Å²) in [5.74, 6) is -0.726. The van der Waals surface area contributed by atoms with Crippen molar-refractivity contribution < 1.29 is 17.9 Å². The van der Waals surface area contributed by atoms with E-state index in [1.54, 1.807) is 7.05 Å². The number of ketones is 1. The predicted octanol–water partition coefficient (Wildman–Crippen LogP) is 1.62. The maximum Gasteiger partial charge on any atom is 0.180 e. The van der Waals surface area contributed by atoms with E-state index in [-0.39, 0.29) is 5.56 Å². The van der Waals surface area contributed by atoms with E-state index in [2.05, 4.69) is 5.32 Å². The van der Waals surface area contributed by atoms with Crippen LogP contribution in [0.2, 0.25) is 5.02 Å². The molecule has 0 radical (unpaired) electrons. The van der Waals surface area contributed by atoms with E-state index >= 15 is 0 Å². The van der Waals surface area contributed by atoms with E-state index in [0.717, 1.165) is 6.26 Å². The van der Waals surface area contributed by atoms with Gasteiger partial charge in [-0.15, -0.1) is 0 Å². The largest absolute Gasteiger partial charge is 0.495 e. The van der Waals surface area contributed by atoms with Crippen LogP contribution in [0, 0.1) is 0 Å². The molecule has 0 amide bonds. The highest BCUT2D eigenvalue weighted by Gasteiger charge is 2.18. The molecule has 100 valence electrons. The first kappa shape index (κ1) is 14.8. The normalized spacial score (nSPS) is 11.1. The SMILES string of the molecule is CNc1cc(Cl)c(OC)cc1C(=O)CS(C)(=O)=O. The Bertz CT molecular complexity index is 569. The number of ether oxygens (including phenoxy) is 1. The summed E-state index contributed by atoms with van der Waals surface area (Å²) in [6, 6.07) is 2.96. The lowest BCUT2D eigenvalue weighted by Gasteiger charge is -2.11. The first-order valence-corrected chi connectivity index (χ1v) is 7.48. The van der Waals surface area contributed by atoms with Crippen LogP contribution in [0.5, 0.6) is 5.75 Å². The Balaban J connectivity index is 3.25. The van der Waals surface area contributed by atoms with Gasteiger partial charge in [0.1, 0.15) is 11.5 Å². The van der Waals surface area contributed by atoms with Crippen molar-refractivity contribution in [2.45, 2.75) is 0 Å². The number of methoxy groups -OCH3 is 1. The summed E-state index contributed by atoms with van der Waals surface area (Å²) in [6.45, 7) is 0. The van der Waals surface area contributed by atoms with Gasteiger partial charge in [0, 0.05) is 24.6 Å². The van der Waals surface area contributed by atoms with Crippen molar-refractivity contribution in [3.05, 3.63) is 22.7 Å². The number of Topliss-reactive ketones (excluding diaryl/α,β-unsaturated/α-hetero) is 1. The minimum absolute atomic E-state index is 0.240. The second-order valence-electron chi connectivity index (χ2n) is 3.78. The molecule has 0 saturated heterocycles. The number of hydrogen-bond donors (Lipinski definition) is 1. The summed E-state index contributed by atoms with van der Waals surface area (Å²) in [4.78, 5) is 11.9. The molecule has 1 aromatic carbocycles. The van der Waals surface area contributed by atoms with E-state index in [1.165, 1.54) is 19.2 Å². The van der Waals surface area contributed by atoms with Crippen molar-refractivity contribution in [3.8, 4) is 5.75 Å². The minimum atomic E-state index is -3.38. The number of sulfone groups is 1. The van der Waals surface area contributed by atoms with Gasteiger partial charge in [-0.1, -0.05) is 11.6 Å². The van der Waals surface area contributed by atoms with Crippen LogP contribution in [0.1, 0.15) is 10.4 Å². The van der Waals surface area contributed by atoms with Gasteiger partial charge in [0.2, 0.25) is 0 Å². The van der Waals surface area contributed by atoms with Gasteiger partial charge in [-0.05, 0) is 12.1 Å². The second kappa shape index (κ2) is 5.58. The van der Waals surface area contributed by atoms with E-state index in [4.69, 9.17) is 16.3 Å². The quantitative estimate of drug-likeness (QED) is 0.835. The monoisotopic (exact) mass is 291 g/mol. The van der Waals surface area contributed by atoms with Gasteiger partial charge in [-0.3, -0.25) is 4.79 Å². The molecular formula is C11H14ClNO4S. The number of nitrogens with one attached hydrogen (secondary N) is 1. The summed E-state index contributed by atoms with van der Waals surface area (Å²) in [7, 11) is -0.335. The van der Waals surface area contributed by atoms with Crippen LogP contribution < -0.4 is 10.1 Å². The van der Waals surface area contributed by atoms with Gasteiger partial charge in [-0.2, -0.15) is 0 Å². The molecule has 7 heteroatoms. The fourth-order valence-corrected chi connectivity index (χ4v) is 2.34. The number of anilines is 1. The van der Waals surface area contributed by atoms with E-state index in [9.17, 15) is 13.2 Å². The summed E-state index contributed by atoms with van der Waals surface area (Å²) >= 11 is 5.92. The highest BCUT2D eigenvalue weighted by atomic mass is 35.5. The van der Waals surface area contributed by atoms with Gasteiger partial charge in [0.05, 0.1) is 12.1 Å². The molecule has 0 saturated carbocycles. The average molecular weight is 292 g/mol. The van der Waals surface area contributed by atoms with Crippen molar-refractivity contribution >= 4 is 32.9 Å². The molecule has 1 rings (SSSR count). The molecule has 0 bridgehead atoms. The summed E-state index contributed by atoms with van der Waals surface area (Å²) in [5, 5.41) is 3.14. The lowest BCUT2D eigenvalue weighted by Crippen LogP contribution is -2.16. The number of carbonyl (C=O) groups is 1. The van der Waals surface area contributed by atoms with Crippen molar-refractivity contribution in [2.75, 3.05) is 31.5 Å². The molecule has 5 nitrogen and oxygen atoms in total. The Hall–Kier alpha value is -1.27. The number of hydrogen-bond acceptors (Lipinski definition) is 5. The highest BCUT2D eigenvalue weighted by molar-refractivity contribution is 7.91. The fraction of sp³-hybridized carbons (Fsp3) is 0.364. The van der Waals surface area contributed by atoms with Crippen LogP contribution in [0.15, 0.2) is 12.1 Å². The first-order chi connectivity index (χ1) is 8.28. The third-order valence-electron chi connectivity index (χ3n) is 2.25. The first-order valence-electron chi connectivity index (χ1n) is 5.04. The third-order valence-corrected chi connectivity index (χ3v) is 3.34. The molecular weight excluding hydrogens is 278 g/mol. The minimum Gasteiger partial charge on any atom is -0.495 e. The zero-order chi connectivity index (χ0) is 13.9. The molecule has 0 fully saturated rings. The average Bonchev–Trinajstić information content (AvgIpc) is 2.26. The Labute approximate surface area is 111 Å². The Morgan fingerprint density at radius 1 is 1.44 bits per heavy atom. The van der Waals surface area contributed by atoms with Gasteiger partial charge in [0.25, 0.3) is 0 Å². The maximum absolute atomic E-state index is 11.9. The van der Waals surface area contributed by atoms with Crippen molar-refractivity contribution in [1.29, 1.82) is 0 Å². The fourth-order valence-electron chi connectivity index (χ4n) is 1.46. The topological polar surface area (TPSA) is 72.5 Å². The number of rotatable bonds is 5. The standard InChI is InChI=1S/C11H14ClNO4S/c1-13-9-5-8(12)11(17-2)4-7(9)10(14)6-18(3,15)16/h4-5,13H,6H2,1-3H3. The maximum atomic E-state index is 11.9. The third kappa shape index (κ3) is 3.61. The van der Waals surface area contributed by atoms with Gasteiger partial charge >= 0.3 is 0 Å². The van der Waals surface area contributed by atoms with Gasteiger partial charge in [-0.25, -0.2) is 8.42 Å². The van der Waals surface area contributed by atoms with E-state index in [1.807, 2.05) is 0 Å². The number of carbonyl (C=O) groups excluding carboxylic acids is 1. The van der Waals surface area contributed by atoms with E-state index in [0.29, 0.717) is 16.5 Å². The van der Waals surface area contributed by atoms with Crippen LogP contribution in [0.25, 0.3) is 0 Å². The predicted molar refractivity (Wildman–Crippen MR) is 71.6 cm³/mol. The number of benzene rings is 1. The Morgan fingerprint density at radius 2 is 2.06 bits per heavy atom.